The Kier molecular flexibility index (Phi) is 5.97. The van der Waals surface area contributed by atoms with Gasteiger partial charge in [-0.25, -0.2) is 9.67 Å². The predicted molar refractivity (Wildman–Crippen MR) is 109 cm³/mol. The normalized spacial score (nSPS) is 22.2. The molecule has 2 aliphatic heterocycles. The Hall–Kier alpha value is -3.25. The van der Waals surface area contributed by atoms with E-state index in [9.17, 15) is 26.7 Å². The van der Waals surface area contributed by atoms with Crippen LogP contribution in [0.1, 0.15) is 32.0 Å². The van der Waals surface area contributed by atoms with E-state index >= 15 is 0 Å². The number of amidine groups is 1. The summed E-state index contributed by atoms with van der Waals surface area (Å²) < 4.78 is 65.4. The molecule has 2 saturated heterocycles. The van der Waals surface area contributed by atoms with Crippen LogP contribution in [0.3, 0.4) is 0 Å². The second-order valence-corrected chi connectivity index (χ2v) is 8.17. The van der Waals surface area contributed by atoms with Crippen molar-refractivity contribution in [1.82, 2.24) is 24.6 Å². The molecule has 3 unspecified atom stereocenters. The number of carbonyl (C=O) groups excluding carboxylic acids is 1. The van der Waals surface area contributed by atoms with Crippen LogP contribution in [-0.2, 0) is 4.79 Å². The van der Waals surface area contributed by atoms with Crippen molar-refractivity contribution >= 4 is 18.1 Å². The average Bonchev–Trinajstić information content (AvgIpc) is 3.48. The maximum atomic E-state index is 13.1. The second-order valence-electron chi connectivity index (χ2n) is 8.17. The van der Waals surface area contributed by atoms with E-state index in [1.807, 2.05) is 4.90 Å². The number of hydrogen-bond acceptors (Lipinski definition) is 3. The number of likely N-dealkylation sites (tertiary alicyclic amines) is 1. The van der Waals surface area contributed by atoms with Crippen molar-refractivity contribution in [2.75, 3.05) is 13.1 Å². The van der Waals surface area contributed by atoms with E-state index in [0.29, 0.717) is 40.2 Å². The molecule has 178 valence electrons. The zero-order valence-corrected chi connectivity index (χ0v) is 17.6. The van der Waals surface area contributed by atoms with Crippen LogP contribution in [-0.4, -0.2) is 74.0 Å². The molecule has 3 atom stereocenters. The number of H-pyrrole nitrogens is 1. The lowest BCUT2D eigenvalue weighted by molar-refractivity contribution is -0.188. The number of nitrogens with zero attached hydrogens (tertiary/aromatic N) is 5. The highest BCUT2D eigenvalue weighted by molar-refractivity contribution is 6.02. The molecule has 2 aliphatic rings. The van der Waals surface area contributed by atoms with Gasteiger partial charge < -0.3 is 14.8 Å². The first-order chi connectivity index (χ1) is 15.6. The number of halogens is 5. The summed E-state index contributed by atoms with van der Waals surface area (Å²) >= 11 is 0. The molecule has 2 aromatic rings. The summed E-state index contributed by atoms with van der Waals surface area (Å²) in [5.41, 5.74) is 1.56. The Morgan fingerprint density at radius 3 is 2.48 bits per heavy atom. The lowest BCUT2D eigenvalue weighted by Crippen LogP contribution is -2.59. The Bertz CT molecular complexity index is 1050. The Morgan fingerprint density at radius 1 is 1.27 bits per heavy atom. The largest absolute Gasteiger partial charge is 0.400 e. The van der Waals surface area contributed by atoms with Crippen molar-refractivity contribution in [2.24, 2.45) is 10.9 Å². The summed E-state index contributed by atoms with van der Waals surface area (Å²) in [7, 11) is 0. The summed E-state index contributed by atoms with van der Waals surface area (Å²) in [6, 6.07) is 0.895. The van der Waals surface area contributed by atoms with Gasteiger partial charge in [-0.15, -0.1) is 0 Å². The van der Waals surface area contributed by atoms with Crippen LogP contribution in [0.15, 0.2) is 29.6 Å². The van der Waals surface area contributed by atoms with Crippen molar-refractivity contribution < 1.29 is 26.7 Å². The van der Waals surface area contributed by atoms with Crippen molar-refractivity contribution in [3.8, 4) is 11.1 Å². The molecule has 8 nitrogen and oxygen atoms in total. The number of aromatic nitrogens is 3. The third kappa shape index (κ3) is 4.35. The molecule has 1 amide bonds. The molecular formula is C20H22F5N7O. The molecule has 33 heavy (non-hydrogen) atoms. The van der Waals surface area contributed by atoms with Crippen molar-refractivity contribution in [2.45, 2.75) is 44.6 Å². The highest BCUT2D eigenvalue weighted by Gasteiger charge is 2.50. The van der Waals surface area contributed by atoms with Gasteiger partial charge in [0.15, 0.2) is 5.84 Å². The van der Waals surface area contributed by atoms with Gasteiger partial charge >= 0.3 is 12.7 Å². The lowest BCUT2D eigenvalue weighted by atomic mass is 10.1. The number of hydrogen-bond donors (Lipinski definition) is 2. The van der Waals surface area contributed by atoms with Gasteiger partial charge in [-0.2, -0.15) is 27.1 Å². The van der Waals surface area contributed by atoms with Crippen LogP contribution < -0.4 is 0 Å². The molecule has 2 fully saturated rings. The molecule has 13 heteroatoms. The van der Waals surface area contributed by atoms with Crippen LogP contribution in [0.25, 0.3) is 11.1 Å². The Labute approximate surface area is 185 Å². The molecule has 2 N–H and O–H groups in total. The standard InChI is InChI=1S/C20H22F5N7O/c1-11(20(23,24)25)18(33)32-14-2-3-15(32)9-30(8-14)17(28-10-26)16-4-12(5-27-16)13-6-29-31(7-13)19(21)22/h4-7,10-11,14-15,19,26-27H,2-3,8-9H2,1H3/b26-10?,28-17+. The molecule has 0 saturated carbocycles. The van der Waals surface area contributed by atoms with Crippen LogP contribution in [0, 0.1) is 11.3 Å². The van der Waals surface area contributed by atoms with E-state index in [4.69, 9.17) is 5.41 Å². The van der Waals surface area contributed by atoms with Crippen molar-refractivity contribution in [3.05, 3.63) is 30.4 Å². The minimum Gasteiger partial charge on any atom is -0.358 e. The fourth-order valence-electron chi connectivity index (χ4n) is 4.47. The maximum absolute atomic E-state index is 13.1. The zero-order chi connectivity index (χ0) is 23.9. The zero-order valence-electron chi connectivity index (χ0n) is 17.6. The monoisotopic (exact) mass is 471 g/mol. The predicted octanol–water partition coefficient (Wildman–Crippen LogP) is 3.50. The van der Waals surface area contributed by atoms with Gasteiger partial charge in [-0.05, 0) is 25.8 Å². The number of amides is 1. The highest BCUT2D eigenvalue weighted by atomic mass is 19.4. The molecule has 0 radical (unpaired) electrons. The minimum atomic E-state index is -4.60. The first-order valence-electron chi connectivity index (χ1n) is 10.3. The van der Waals surface area contributed by atoms with Crippen LogP contribution in [0.4, 0.5) is 22.0 Å². The number of nitrogens with one attached hydrogen (secondary N) is 2. The number of alkyl halides is 5. The number of carbonyl (C=O) groups is 1. The van der Waals surface area contributed by atoms with E-state index in [1.165, 1.54) is 17.3 Å². The topological polar surface area (TPSA) is 93.4 Å². The molecule has 0 aromatic carbocycles. The Balaban J connectivity index is 1.54. The van der Waals surface area contributed by atoms with Gasteiger partial charge in [-0.3, -0.25) is 10.2 Å². The van der Waals surface area contributed by atoms with E-state index < -0.39 is 36.6 Å². The SMILES string of the molecule is CC(C(=O)N1C2CCC1CN(/C(=N/C=N)c1cc(-c3cnn(C(F)F)c3)c[nH]1)C2)C(F)(F)F. The van der Waals surface area contributed by atoms with E-state index in [-0.39, 0.29) is 13.1 Å². The first-order valence-corrected chi connectivity index (χ1v) is 10.3. The van der Waals surface area contributed by atoms with Crippen molar-refractivity contribution in [3.63, 3.8) is 0 Å². The molecule has 2 bridgehead atoms. The van der Waals surface area contributed by atoms with Crippen molar-refractivity contribution in [1.29, 1.82) is 5.41 Å². The fourth-order valence-corrected chi connectivity index (χ4v) is 4.47. The van der Waals surface area contributed by atoms with Gasteiger partial charge in [0, 0.05) is 48.7 Å². The Morgan fingerprint density at radius 2 is 1.94 bits per heavy atom. The van der Waals surface area contributed by atoms with Crippen LogP contribution >= 0.6 is 0 Å². The molecular weight excluding hydrogens is 449 g/mol. The van der Waals surface area contributed by atoms with E-state index in [2.05, 4.69) is 15.1 Å². The molecule has 4 heterocycles. The number of aliphatic imine (C=N–C) groups is 1. The maximum Gasteiger partial charge on any atom is 0.400 e. The summed E-state index contributed by atoms with van der Waals surface area (Å²) in [6.07, 6.45) is 1.53. The third-order valence-corrected chi connectivity index (χ3v) is 6.14. The van der Waals surface area contributed by atoms with Gasteiger partial charge in [-0.1, -0.05) is 0 Å². The fraction of sp³-hybridized carbons (Fsp3) is 0.500. The summed E-state index contributed by atoms with van der Waals surface area (Å²) in [4.78, 5) is 22.9. The number of aromatic amines is 1. The van der Waals surface area contributed by atoms with E-state index in [0.717, 1.165) is 13.3 Å². The summed E-state index contributed by atoms with van der Waals surface area (Å²) in [6.45, 7) is -1.33. The molecule has 2 aromatic heterocycles. The summed E-state index contributed by atoms with van der Waals surface area (Å²) in [5, 5.41) is 11.0. The number of piperazine rings is 1. The van der Waals surface area contributed by atoms with E-state index in [1.54, 1.807) is 12.3 Å². The first kappa shape index (κ1) is 22.9. The van der Waals surface area contributed by atoms with Crippen LogP contribution in [0.2, 0.25) is 0 Å². The highest BCUT2D eigenvalue weighted by Crippen LogP contribution is 2.36. The third-order valence-electron chi connectivity index (χ3n) is 6.14. The lowest BCUT2D eigenvalue weighted by Gasteiger charge is -2.43. The second kappa shape index (κ2) is 8.60. The van der Waals surface area contributed by atoms with Gasteiger partial charge in [0.1, 0.15) is 12.3 Å². The van der Waals surface area contributed by atoms with Crippen LogP contribution in [0.5, 0.6) is 0 Å². The summed E-state index contributed by atoms with van der Waals surface area (Å²) in [5.74, 6) is -2.59. The number of rotatable bonds is 5. The smallest absolute Gasteiger partial charge is 0.358 e. The van der Waals surface area contributed by atoms with Gasteiger partial charge in [0.2, 0.25) is 5.91 Å². The average molecular weight is 471 g/mol. The molecule has 4 rings (SSSR count). The molecule has 0 spiro atoms. The quantitative estimate of drug-likeness (QED) is 0.397. The van der Waals surface area contributed by atoms with Gasteiger partial charge in [0.05, 0.1) is 11.9 Å². The number of fused-ring (bicyclic) bond motifs is 2. The molecule has 0 aliphatic carbocycles. The van der Waals surface area contributed by atoms with Gasteiger partial charge in [0.25, 0.3) is 0 Å². The minimum absolute atomic E-state index is 0.275.